The van der Waals surface area contributed by atoms with E-state index in [0.717, 1.165) is 11.4 Å². The van der Waals surface area contributed by atoms with Crippen LogP contribution >= 0.6 is 0 Å². The van der Waals surface area contributed by atoms with Gasteiger partial charge in [-0.2, -0.15) is 0 Å². The van der Waals surface area contributed by atoms with E-state index in [1.807, 2.05) is 41.5 Å². The lowest BCUT2D eigenvalue weighted by molar-refractivity contribution is 0.0955. The second kappa shape index (κ2) is 8.11. The zero-order chi connectivity index (χ0) is 15.1. The zero-order valence-corrected chi connectivity index (χ0v) is 14.1. The summed E-state index contributed by atoms with van der Waals surface area (Å²) in [5.41, 5.74) is 3.24. The first-order valence-corrected chi connectivity index (χ1v) is 8.22. The molecule has 0 saturated heterocycles. The molecule has 5 nitrogen and oxygen atoms in total. The molecule has 110 valence electrons. The maximum absolute atomic E-state index is 5.44. The summed E-state index contributed by atoms with van der Waals surface area (Å²) < 4.78 is 16.2. The van der Waals surface area contributed by atoms with Gasteiger partial charge >= 0.3 is 8.80 Å². The number of oxime groups is 2. The quantitative estimate of drug-likeness (QED) is 0.390. The van der Waals surface area contributed by atoms with E-state index in [9.17, 15) is 0 Å². The second-order valence-electron chi connectivity index (χ2n) is 4.97. The average molecular weight is 286 g/mol. The fourth-order valence-electron chi connectivity index (χ4n) is 0.731. The largest absolute Gasteiger partial charge is 0.702 e. The summed E-state index contributed by atoms with van der Waals surface area (Å²) in [5, 5.41) is 8.10. The van der Waals surface area contributed by atoms with Crippen LogP contribution in [0.25, 0.3) is 0 Å². The molecular weight excluding hydrogens is 260 g/mol. The fraction of sp³-hybridized carbons (Fsp3) is 0.692. The van der Waals surface area contributed by atoms with Crippen LogP contribution in [0.4, 0.5) is 0 Å². The molecule has 6 heteroatoms. The first-order chi connectivity index (χ1) is 8.78. The molecule has 0 aliphatic rings. The third kappa shape index (κ3) is 6.02. The third-order valence-electron chi connectivity index (χ3n) is 2.84. The van der Waals surface area contributed by atoms with Crippen molar-refractivity contribution in [1.82, 2.24) is 0 Å². The summed E-state index contributed by atoms with van der Waals surface area (Å²) in [4.78, 5) is 0. The molecule has 0 fully saturated rings. The summed E-state index contributed by atoms with van der Waals surface area (Å²) in [5.74, 6) is 0.601. The van der Waals surface area contributed by atoms with Gasteiger partial charge in [0, 0.05) is 12.8 Å². The van der Waals surface area contributed by atoms with Gasteiger partial charge in [-0.25, -0.2) is 0 Å². The smallest absolute Gasteiger partial charge is 0.380 e. The van der Waals surface area contributed by atoms with Gasteiger partial charge in [0.1, 0.15) is 0 Å². The van der Waals surface area contributed by atoms with Gasteiger partial charge in [-0.05, 0) is 25.7 Å². The first kappa shape index (κ1) is 17.9. The normalized spacial score (nSPS) is 16.5. The van der Waals surface area contributed by atoms with Crippen LogP contribution in [0.3, 0.4) is 0 Å². The second-order valence-corrected chi connectivity index (χ2v) is 7.36. The van der Waals surface area contributed by atoms with Crippen LogP contribution in [-0.2, 0) is 13.5 Å². The van der Waals surface area contributed by atoms with Crippen molar-refractivity contribution >= 4 is 20.2 Å². The van der Waals surface area contributed by atoms with Crippen molar-refractivity contribution in [2.45, 2.75) is 41.5 Å². The van der Waals surface area contributed by atoms with E-state index in [4.69, 9.17) is 13.5 Å². The molecule has 0 heterocycles. The minimum absolute atomic E-state index is 0.300. The Morgan fingerprint density at radius 1 is 1.00 bits per heavy atom. The molecule has 0 unspecified atom stereocenters. The van der Waals surface area contributed by atoms with Gasteiger partial charge in [-0.15, -0.1) is 10.3 Å². The Hall–Kier alpha value is -1.14. The van der Waals surface area contributed by atoms with Crippen LogP contribution in [0, 0.1) is 11.8 Å². The van der Waals surface area contributed by atoms with Crippen LogP contribution in [0.5, 0.6) is 0 Å². The maximum atomic E-state index is 5.44. The maximum Gasteiger partial charge on any atom is 0.702 e. The van der Waals surface area contributed by atoms with E-state index >= 15 is 0 Å². The van der Waals surface area contributed by atoms with Crippen LogP contribution in [0.15, 0.2) is 22.6 Å². The molecule has 19 heavy (non-hydrogen) atoms. The molecule has 0 rings (SSSR count). The summed E-state index contributed by atoms with van der Waals surface area (Å²) in [6, 6.07) is 0. The van der Waals surface area contributed by atoms with E-state index < -0.39 is 8.80 Å². The highest BCUT2D eigenvalue weighted by Gasteiger charge is 2.43. The van der Waals surface area contributed by atoms with Crippen molar-refractivity contribution in [1.29, 1.82) is 0 Å². The van der Waals surface area contributed by atoms with Gasteiger partial charge in [0.2, 0.25) is 0 Å². The first-order valence-electron chi connectivity index (χ1n) is 6.42. The lowest BCUT2D eigenvalue weighted by Crippen LogP contribution is -2.40. The number of nitrogens with zero attached hydrogens (tertiary/aromatic N) is 2. The SMILES string of the molecule is C=C[Si](OC)(ON=C(C)C(C)C)ON=C(C)C(C)C. The molecule has 0 amide bonds. The molecule has 0 aromatic rings. The van der Waals surface area contributed by atoms with Crippen molar-refractivity contribution in [2.75, 3.05) is 7.11 Å². The summed E-state index contributed by atoms with van der Waals surface area (Å²) in [7, 11) is -1.56. The molecule has 0 radical (unpaired) electrons. The fourth-order valence-corrected chi connectivity index (χ4v) is 1.77. The molecule has 0 atom stereocenters. The average Bonchev–Trinajstić information content (AvgIpc) is 2.38. The lowest BCUT2D eigenvalue weighted by atomic mass is 10.1. The molecule has 0 spiro atoms. The van der Waals surface area contributed by atoms with Crippen molar-refractivity contribution in [2.24, 2.45) is 22.1 Å². The lowest BCUT2D eigenvalue weighted by Gasteiger charge is -2.20. The van der Waals surface area contributed by atoms with Gasteiger partial charge in [-0.3, -0.25) is 0 Å². The predicted octanol–water partition coefficient (Wildman–Crippen LogP) is 3.39. The zero-order valence-electron chi connectivity index (χ0n) is 13.1. The van der Waals surface area contributed by atoms with Crippen molar-refractivity contribution in [3.05, 3.63) is 12.3 Å². The Kier molecular flexibility index (Phi) is 7.62. The van der Waals surface area contributed by atoms with Crippen LogP contribution in [-0.4, -0.2) is 27.3 Å². The Morgan fingerprint density at radius 2 is 1.37 bits per heavy atom. The van der Waals surface area contributed by atoms with Gasteiger partial charge in [0.25, 0.3) is 0 Å². The van der Waals surface area contributed by atoms with E-state index in [1.165, 1.54) is 12.8 Å². The number of rotatable bonds is 8. The molecule has 0 N–H and O–H groups in total. The Balaban J connectivity index is 4.92. The Bertz CT molecular complexity index is 326. The van der Waals surface area contributed by atoms with E-state index in [1.54, 1.807) is 0 Å². The summed E-state index contributed by atoms with van der Waals surface area (Å²) in [6.45, 7) is 15.6. The van der Waals surface area contributed by atoms with E-state index in [2.05, 4.69) is 16.9 Å². The van der Waals surface area contributed by atoms with Crippen LogP contribution in [0.2, 0.25) is 0 Å². The highest BCUT2D eigenvalue weighted by molar-refractivity contribution is 6.66. The topological polar surface area (TPSA) is 52.4 Å². The summed E-state index contributed by atoms with van der Waals surface area (Å²) in [6.07, 6.45) is 0. The van der Waals surface area contributed by atoms with E-state index in [-0.39, 0.29) is 0 Å². The van der Waals surface area contributed by atoms with Crippen LogP contribution in [0.1, 0.15) is 41.5 Å². The standard InChI is InChI=1S/C13H26N2O3Si/c1-9-19(16-8,17-14-12(6)10(2)3)18-15-13(7)11(4)5/h9-11H,1H2,2-8H3. The van der Waals surface area contributed by atoms with Gasteiger partial charge < -0.3 is 13.5 Å². The highest BCUT2D eigenvalue weighted by atomic mass is 28.4. The molecule has 0 aliphatic heterocycles. The van der Waals surface area contributed by atoms with Gasteiger partial charge in [-0.1, -0.05) is 34.3 Å². The van der Waals surface area contributed by atoms with Gasteiger partial charge in [0.05, 0.1) is 11.4 Å². The van der Waals surface area contributed by atoms with Crippen LogP contribution < -0.4 is 0 Å². The van der Waals surface area contributed by atoms with Crippen molar-refractivity contribution < 1.29 is 13.5 Å². The number of hydrogen-bond donors (Lipinski definition) is 0. The molecule has 0 aromatic heterocycles. The third-order valence-corrected chi connectivity index (χ3v) is 4.60. The molecular formula is C13H26N2O3Si. The minimum atomic E-state index is -3.07. The molecule has 0 bridgehead atoms. The highest BCUT2D eigenvalue weighted by Crippen LogP contribution is 2.13. The monoisotopic (exact) mass is 286 g/mol. The van der Waals surface area contributed by atoms with Crippen molar-refractivity contribution in [3.8, 4) is 0 Å². The molecule has 0 aromatic carbocycles. The summed E-state index contributed by atoms with van der Waals surface area (Å²) >= 11 is 0. The Morgan fingerprint density at radius 3 is 1.58 bits per heavy atom. The van der Waals surface area contributed by atoms with Gasteiger partial charge in [0.15, 0.2) is 0 Å². The molecule has 0 aliphatic carbocycles. The Labute approximate surface area is 117 Å². The van der Waals surface area contributed by atoms with Crippen molar-refractivity contribution in [3.63, 3.8) is 0 Å². The molecule has 0 saturated carbocycles. The van der Waals surface area contributed by atoms with E-state index in [0.29, 0.717) is 11.8 Å². The predicted molar refractivity (Wildman–Crippen MR) is 81.0 cm³/mol. The minimum Gasteiger partial charge on any atom is -0.380 e. The number of hydrogen-bond acceptors (Lipinski definition) is 5.